The van der Waals surface area contributed by atoms with Crippen LogP contribution in [0.3, 0.4) is 0 Å². The lowest BCUT2D eigenvalue weighted by atomic mass is 9.99. The Morgan fingerprint density at radius 3 is 2.65 bits per heavy atom. The number of anilines is 1. The lowest BCUT2D eigenvalue weighted by molar-refractivity contribution is 0.211. The van der Waals surface area contributed by atoms with E-state index in [4.69, 9.17) is 22.1 Å². The van der Waals surface area contributed by atoms with Crippen molar-refractivity contribution >= 4 is 17.3 Å². The number of rotatable bonds is 5. The number of hydrogen-bond donors (Lipinski definition) is 2. The van der Waals surface area contributed by atoms with Crippen LogP contribution in [0.25, 0.3) is 0 Å². The molecule has 0 spiro atoms. The van der Waals surface area contributed by atoms with Gasteiger partial charge in [0.25, 0.3) is 0 Å². The number of nitrogens with two attached hydrogens (primary N) is 1. The first-order valence-corrected chi connectivity index (χ1v) is 6.96. The van der Waals surface area contributed by atoms with Gasteiger partial charge in [-0.05, 0) is 24.6 Å². The van der Waals surface area contributed by atoms with E-state index in [1.807, 2.05) is 31.2 Å². The van der Waals surface area contributed by atoms with E-state index in [9.17, 15) is 5.11 Å². The van der Waals surface area contributed by atoms with Gasteiger partial charge in [-0.25, -0.2) is 0 Å². The Labute approximate surface area is 123 Å². The van der Waals surface area contributed by atoms with E-state index in [1.165, 1.54) is 0 Å². The highest BCUT2D eigenvalue weighted by molar-refractivity contribution is 6.30. The minimum Gasteiger partial charge on any atom is -0.493 e. The molecule has 1 unspecified atom stereocenters. The number of ether oxygens (including phenoxy) is 1. The minimum absolute atomic E-state index is 0.468. The molecule has 0 heterocycles. The van der Waals surface area contributed by atoms with Crippen molar-refractivity contribution in [3.8, 4) is 5.75 Å². The van der Waals surface area contributed by atoms with E-state index >= 15 is 0 Å². The summed E-state index contributed by atoms with van der Waals surface area (Å²) in [6, 6.07) is 12.5. The van der Waals surface area contributed by atoms with Crippen LogP contribution in [0.1, 0.15) is 30.6 Å². The first-order chi connectivity index (χ1) is 9.63. The molecule has 0 aliphatic carbocycles. The third-order valence-corrected chi connectivity index (χ3v) is 3.25. The van der Waals surface area contributed by atoms with Gasteiger partial charge in [0.15, 0.2) is 0 Å². The molecular formula is C16H18ClNO2. The molecule has 0 saturated carbocycles. The molecule has 4 heteroatoms. The SMILES string of the molecule is CCCOc1ccccc1C(O)c1ccc(Cl)cc1N. The van der Waals surface area contributed by atoms with Crippen LogP contribution in [0, 0.1) is 0 Å². The average molecular weight is 292 g/mol. The molecule has 3 N–H and O–H groups in total. The monoisotopic (exact) mass is 291 g/mol. The van der Waals surface area contributed by atoms with Crippen LogP contribution in [0.4, 0.5) is 5.69 Å². The molecule has 0 aliphatic heterocycles. The third kappa shape index (κ3) is 3.24. The molecule has 0 aromatic heterocycles. The van der Waals surface area contributed by atoms with Crippen LogP contribution >= 0.6 is 11.6 Å². The molecule has 106 valence electrons. The highest BCUT2D eigenvalue weighted by atomic mass is 35.5. The Kier molecular flexibility index (Phi) is 4.88. The first-order valence-electron chi connectivity index (χ1n) is 6.58. The van der Waals surface area contributed by atoms with Crippen LogP contribution < -0.4 is 10.5 Å². The van der Waals surface area contributed by atoms with Gasteiger partial charge in [-0.1, -0.05) is 42.8 Å². The van der Waals surface area contributed by atoms with E-state index in [1.54, 1.807) is 18.2 Å². The fourth-order valence-corrected chi connectivity index (χ4v) is 2.19. The molecule has 0 aliphatic rings. The van der Waals surface area contributed by atoms with Crippen molar-refractivity contribution in [3.63, 3.8) is 0 Å². The maximum absolute atomic E-state index is 10.5. The third-order valence-electron chi connectivity index (χ3n) is 3.02. The Hall–Kier alpha value is -1.71. The maximum Gasteiger partial charge on any atom is 0.125 e. The minimum atomic E-state index is -0.833. The van der Waals surface area contributed by atoms with Crippen molar-refractivity contribution in [2.75, 3.05) is 12.3 Å². The molecule has 0 bridgehead atoms. The second kappa shape index (κ2) is 6.64. The summed E-state index contributed by atoms with van der Waals surface area (Å²) in [5.41, 5.74) is 7.72. The van der Waals surface area contributed by atoms with Gasteiger partial charge in [0.1, 0.15) is 11.9 Å². The second-order valence-corrected chi connectivity index (χ2v) is 5.00. The number of nitrogen functional groups attached to an aromatic ring is 1. The summed E-state index contributed by atoms with van der Waals surface area (Å²) in [6.45, 7) is 2.65. The topological polar surface area (TPSA) is 55.5 Å². The fourth-order valence-electron chi connectivity index (χ4n) is 2.01. The van der Waals surface area contributed by atoms with E-state index in [0.29, 0.717) is 34.2 Å². The molecule has 2 rings (SSSR count). The van der Waals surface area contributed by atoms with Gasteiger partial charge >= 0.3 is 0 Å². The smallest absolute Gasteiger partial charge is 0.125 e. The number of aliphatic hydroxyl groups excluding tert-OH is 1. The molecule has 1 atom stereocenters. The predicted octanol–water partition coefficient (Wildman–Crippen LogP) is 3.79. The first kappa shape index (κ1) is 14.7. The van der Waals surface area contributed by atoms with Crippen LogP contribution in [0.2, 0.25) is 5.02 Å². The van der Waals surface area contributed by atoms with E-state index in [-0.39, 0.29) is 0 Å². The fraction of sp³-hybridized carbons (Fsp3) is 0.250. The molecule has 2 aromatic carbocycles. The van der Waals surface area contributed by atoms with Crippen molar-refractivity contribution in [1.82, 2.24) is 0 Å². The highest BCUT2D eigenvalue weighted by Gasteiger charge is 2.17. The second-order valence-electron chi connectivity index (χ2n) is 4.56. The summed E-state index contributed by atoms with van der Waals surface area (Å²) < 4.78 is 5.67. The van der Waals surface area contributed by atoms with Gasteiger partial charge in [0, 0.05) is 21.8 Å². The maximum atomic E-state index is 10.5. The number of aliphatic hydroxyl groups is 1. The van der Waals surface area contributed by atoms with Crippen molar-refractivity contribution < 1.29 is 9.84 Å². The van der Waals surface area contributed by atoms with Crippen molar-refractivity contribution in [2.24, 2.45) is 0 Å². The average Bonchev–Trinajstić information content (AvgIpc) is 2.45. The number of hydrogen-bond acceptors (Lipinski definition) is 3. The van der Waals surface area contributed by atoms with Gasteiger partial charge in [-0.2, -0.15) is 0 Å². The summed E-state index contributed by atoms with van der Waals surface area (Å²) in [5.74, 6) is 0.677. The summed E-state index contributed by atoms with van der Waals surface area (Å²) in [4.78, 5) is 0. The van der Waals surface area contributed by atoms with Crippen LogP contribution in [0.15, 0.2) is 42.5 Å². The Morgan fingerprint density at radius 1 is 1.20 bits per heavy atom. The molecule has 0 fully saturated rings. The van der Waals surface area contributed by atoms with Crippen molar-refractivity contribution in [3.05, 3.63) is 58.6 Å². The van der Waals surface area contributed by atoms with Crippen LogP contribution in [0.5, 0.6) is 5.75 Å². The normalized spacial score (nSPS) is 12.2. The van der Waals surface area contributed by atoms with Crippen molar-refractivity contribution in [2.45, 2.75) is 19.4 Å². The Balaban J connectivity index is 2.35. The Bertz CT molecular complexity index is 586. The van der Waals surface area contributed by atoms with Gasteiger partial charge < -0.3 is 15.6 Å². The standard InChI is InChI=1S/C16H18ClNO2/c1-2-9-20-15-6-4-3-5-13(15)16(19)12-8-7-11(17)10-14(12)18/h3-8,10,16,19H,2,9,18H2,1H3. The summed E-state index contributed by atoms with van der Waals surface area (Å²) in [5, 5.41) is 11.1. The highest BCUT2D eigenvalue weighted by Crippen LogP contribution is 2.33. The summed E-state index contributed by atoms with van der Waals surface area (Å²) in [6.07, 6.45) is 0.0772. The zero-order chi connectivity index (χ0) is 14.5. The summed E-state index contributed by atoms with van der Waals surface area (Å²) >= 11 is 5.88. The van der Waals surface area contributed by atoms with E-state index in [0.717, 1.165) is 6.42 Å². The lowest BCUT2D eigenvalue weighted by Crippen LogP contribution is -2.07. The van der Waals surface area contributed by atoms with Gasteiger partial charge in [-0.15, -0.1) is 0 Å². The molecule has 0 radical (unpaired) electrons. The van der Waals surface area contributed by atoms with Gasteiger partial charge in [-0.3, -0.25) is 0 Å². The van der Waals surface area contributed by atoms with Gasteiger partial charge in [0.2, 0.25) is 0 Å². The molecule has 0 amide bonds. The van der Waals surface area contributed by atoms with Crippen molar-refractivity contribution in [1.29, 1.82) is 0 Å². The van der Waals surface area contributed by atoms with Crippen LogP contribution in [-0.4, -0.2) is 11.7 Å². The molecular weight excluding hydrogens is 274 g/mol. The molecule has 2 aromatic rings. The van der Waals surface area contributed by atoms with Crippen LogP contribution in [-0.2, 0) is 0 Å². The molecule has 3 nitrogen and oxygen atoms in total. The number of benzene rings is 2. The Morgan fingerprint density at radius 2 is 1.95 bits per heavy atom. The van der Waals surface area contributed by atoms with E-state index < -0.39 is 6.10 Å². The largest absolute Gasteiger partial charge is 0.493 e. The quantitative estimate of drug-likeness (QED) is 0.824. The van der Waals surface area contributed by atoms with E-state index in [2.05, 4.69) is 0 Å². The predicted molar refractivity (Wildman–Crippen MR) is 82.2 cm³/mol. The molecule has 20 heavy (non-hydrogen) atoms. The number of para-hydroxylation sites is 1. The van der Waals surface area contributed by atoms with Gasteiger partial charge in [0.05, 0.1) is 6.61 Å². The zero-order valence-corrected chi connectivity index (χ0v) is 12.1. The zero-order valence-electron chi connectivity index (χ0n) is 11.3. The lowest BCUT2D eigenvalue weighted by Gasteiger charge is -2.18. The molecule has 0 saturated heterocycles. The number of halogens is 1. The summed E-state index contributed by atoms with van der Waals surface area (Å²) in [7, 11) is 0.